The lowest BCUT2D eigenvalue weighted by Gasteiger charge is -2.23. The molecule has 0 bridgehead atoms. The molecule has 5 nitrogen and oxygen atoms in total. The molecule has 0 radical (unpaired) electrons. The van der Waals surface area contributed by atoms with Crippen molar-refractivity contribution in [2.24, 2.45) is 0 Å². The van der Waals surface area contributed by atoms with E-state index in [0.717, 1.165) is 31.5 Å². The van der Waals surface area contributed by atoms with Crippen molar-refractivity contribution in [3.05, 3.63) is 30.1 Å². The zero-order valence-corrected chi connectivity index (χ0v) is 11.4. The second-order valence-corrected chi connectivity index (χ2v) is 3.77. The third-order valence-corrected chi connectivity index (χ3v) is 2.74. The molecule has 1 saturated heterocycles. The van der Waals surface area contributed by atoms with Gasteiger partial charge in [-0.3, -0.25) is 14.7 Å². The van der Waals surface area contributed by atoms with Gasteiger partial charge >= 0.3 is 5.97 Å². The van der Waals surface area contributed by atoms with Crippen LogP contribution in [0.2, 0.25) is 0 Å². The maximum Gasteiger partial charge on any atom is 0.325 e. The number of pyridine rings is 1. The molecule has 0 aromatic carbocycles. The van der Waals surface area contributed by atoms with Gasteiger partial charge in [0.25, 0.3) is 0 Å². The van der Waals surface area contributed by atoms with Crippen LogP contribution in [-0.4, -0.2) is 39.5 Å². The molecular weight excluding hydrogens is 279 g/mol. The van der Waals surface area contributed by atoms with Gasteiger partial charge in [-0.25, -0.2) is 0 Å². The van der Waals surface area contributed by atoms with E-state index in [2.05, 4.69) is 4.98 Å². The van der Waals surface area contributed by atoms with Crippen LogP contribution < -0.4 is 0 Å². The van der Waals surface area contributed by atoms with Crippen molar-refractivity contribution in [3.63, 3.8) is 0 Å². The Morgan fingerprint density at radius 3 is 2.39 bits per heavy atom. The molecule has 104 valence electrons. The summed E-state index contributed by atoms with van der Waals surface area (Å²) in [5, 5.41) is 9.22. The third-order valence-electron chi connectivity index (χ3n) is 2.74. The Balaban J connectivity index is 0. The summed E-state index contributed by atoms with van der Waals surface area (Å²) in [7, 11) is 0. The van der Waals surface area contributed by atoms with Gasteiger partial charge in [0.2, 0.25) is 0 Å². The molecule has 1 fully saturated rings. The Kier molecular flexibility index (Phi) is 9.84. The highest BCUT2D eigenvalue weighted by Gasteiger charge is 2.29. The zero-order valence-electron chi connectivity index (χ0n) is 9.78. The summed E-state index contributed by atoms with van der Waals surface area (Å²) in [6.45, 7) is 1.73. The van der Waals surface area contributed by atoms with E-state index in [1.807, 2.05) is 11.0 Å². The van der Waals surface area contributed by atoms with Crippen LogP contribution in [0.25, 0.3) is 0 Å². The average molecular weight is 297 g/mol. The molecule has 0 saturated carbocycles. The first kappa shape index (κ1) is 19.5. The van der Waals surface area contributed by atoms with Crippen molar-refractivity contribution >= 4 is 30.8 Å². The topological polar surface area (TPSA) is 84.9 Å². The van der Waals surface area contributed by atoms with Crippen LogP contribution in [0.1, 0.15) is 24.4 Å². The maximum atomic E-state index is 11.2. The van der Waals surface area contributed by atoms with Crippen molar-refractivity contribution in [2.75, 3.05) is 13.1 Å². The van der Waals surface area contributed by atoms with Gasteiger partial charge in [0.15, 0.2) is 0 Å². The van der Waals surface area contributed by atoms with Crippen LogP contribution in [-0.2, 0) is 4.79 Å². The highest BCUT2D eigenvalue weighted by Crippen LogP contribution is 2.24. The lowest BCUT2D eigenvalue weighted by atomic mass is 10.1. The van der Waals surface area contributed by atoms with E-state index >= 15 is 0 Å². The number of carboxylic acid groups (broad SMARTS) is 1. The molecule has 0 aliphatic carbocycles. The fourth-order valence-electron chi connectivity index (χ4n) is 2.05. The van der Waals surface area contributed by atoms with Crippen LogP contribution in [0.15, 0.2) is 24.5 Å². The van der Waals surface area contributed by atoms with Crippen molar-refractivity contribution < 1.29 is 15.4 Å². The first-order chi connectivity index (χ1) is 7.29. The van der Waals surface area contributed by atoms with Crippen LogP contribution in [0.3, 0.4) is 0 Å². The molecule has 1 aliphatic heterocycles. The van der Waals surface area contributed by atoms with E-state index < -0.39 is 12.0 Å². The minimum Gasteiger partial charge on any atom is -0.480 e. The number of hydrogen-bond acceptors (Lipinski definition) is 3. The molecule has 0 spiro atoms. The van der Waals surface area contributed by atoms with Crippen LogP contribution in [0.5, 0.6) is 0 Å². The first-order valence-corrected chi connectivity index (χ1v) is 5.16. The molecule has 2 rings (SSSR count). The molecule has 2 heterocycles. The summed E-state index contributed by atoms with van der Waals surface area (Å²) in [5.41, 5.74) is 0.770. The second kappa shape index (κ2) is 9.10. The molecule has 1 atom stereocenters. The predicted octanol–water partition coefficient (Wildman–Crippen LogP) is 1.32. The number of likely N-dealkylation sites (tertiary alicyclic amines) is 1. The number of carboxylic acids is 1. The summed E-state index contributed by atoms with van der Waals surface area (Å²) in [6, 6.07) is 3.08. The van der Waals surface area contributed by atoms with Gasteiger partial charge in [-0.05, 0) is 37.6 Å². The van der Waals surface area contributed by atoms with Gasteiger partial charge in [0.1, 0.15) is 6.04 Å². The van der Waals surface area contributed by atoms with E-state index in [-0.39, 0.29) is 30.3 Å². The van der Waals surface area contributed by atoms with E-state index in [9.17, 15) is 9.90 Å². The Morgan fingerprint density at radius 2 is 1.94 bits per heavy atom. The quantitative estimate of drug-likeness (QED) is 0.912. The highest BCUT2D eigenvalue weighted by molar-refractivity contribution is 5.85. The number of rotatable bonds is 3. The minimum atomic E-state index is -0.787. The van der Waals surface area contributed by atoms with Gasteiger partial charge in [-0.15, -0.1) is 24.8 Å². The smallest absolute Gasteiger partial charge is 0.325 e. The third kappa shape index (κ3) is 4.42. The molecule has 0 amide bonds. The summed E-state index contributed by atoms with van der Waals surface area (Å²) in [4.78, 5) is 17.2. The van der Waals surface area contributed by atoms with Gasteiger partial charge in [0, 0.05) is 12.4 Å². The first-order valence-electron chi connectivity index (χ1n) is 5.16. The van der Waals surface area contributed by atoms with Gasteiger partial charge in [-0.2, -0.15) is 0 Å². The van der Waals surface area contributed by atoms with Crippen LogP contribution in [0.4, 0.5) is 0 Å². The number of hydrogen-bond donors (Lipinski definition) is 1. The normalized spacial score (nSPS) is 15.8. The van der Waals surface area contributed by atoms with Crippen molar-refractivity contribution in [3.8, 4) is 0 Å². The fraction of sp³-hybridized carbons (Fsp3) is 0.455. The molecular formula is C11H18Cl2N2O3. The SMILES string of the molecule is Cl.Cl.O.O=C(O)C(c1cccnc1)N1CCCC1. The number of halogens is 2. The standard InChI is InChI=1S/C11H14N2O2.2ClH.H2O/c14-11(15)10(13-6-1-2-7-13)9-4-3-5-12-8-9;;;/h3-5,8,10H,1-2,6-7H2,(H,14,15);2*1H;1H2. The predicted molar refractivity (Wildman–Crippen MR) is 73.5 cm³/mol. The maximum absolute atomic E-state index is 11.2. The fourth-order valence-corrected chi connectivity index (χ4v) is 2.05. The zero-order chi connectivity index (χ0) is 10.7. The Labute approximate surface area is 118 Å². The Hall–Kier alpha value is -0.880. The number of nitrogens with zero attached hydrogens (tertiary/aromatic N) is 2. The van der Waals surface area contributed by atoms with E-state index in [4.69, 9.17) is 0 Å². The minimum absolute atomic E-state index is 0. The van der Waals surface area contributed by atoms with Crippen molar-refractivity contribution in [1.29, 1.82) is 0 Å². The van der Waals surface area contributed by atoms with Gasteiger partial charge in [0.05, 0.1) is 0 Å². The van der Waals surface area contributed by atoms with E-state index in [1.54, 1.807) is 18.5 Å². The summed E-state index contributed by atoms with van der Waals surface area (Å²) in [6.07, 6.45) is 5.47. The van der Waals surface area contributed by atoms with E-state index in [0.29, 0.717) is 0 Å². The van der Waals surface area contributed by atoms with Gasteiger partial charge in [-0.1, -0.05) is 6.07 Å². The molecule has 1 aromatic heterocycles. The molecule has 1 unspecified atom stereocenters. The van der Waals surface area contributed by atoms with Crippen molar-refractivity contribution in [1.82, 2.24) is 9.88 Å². The average Bonchev–Trinajstić information content (AvgIpc) is 2.72. The monoisotopic (exact) mass is 296 g/mol. The highest BCUT2D eigenvalue weighted by atomic mass is 35.5. The van der Waals surface area contributed by atoms with Gasteiger partial charge < -0.3 is 10.6 Å². The number of aromatic nitrogens is 1. The molecule has 1 aromatic rings. The number of aliphatic carboxylic acids is 1. The molecule has 1 aliphatic rings. The lowest BCUT2D eigenvalue weighted by molar-refractivity contribution is -0.143. The molecule has 3 N–H and O–H groups in total. The van der Waals surface area contributed by atoms with Crippen LogP contribution in [0, 0.1) is 0 Å². The van der Waals surface area contributed by atoms with Crippen LogP contribution >= 0.6 is 24.8 Å². The molecule has 7 heteroatoms. The van der Waals surface area contributed by atoms with E-state index in [1.165, 1.54) is 0 Å². The number of carbonyl (C=O) groups is 1. The Morgan fingerprint density at radius 1 is 1.33 bits per heavy atom. The summed E-state index contributed by atoms with van der Waals surface area (Å²) < 4.78 is 0. The van der Waals surface area contributed by atoms with Crippen molar-refractivity contribution in [2.45, 2.75) is 18.9 Å². The Bertz CT molecular complexity index is 345. The second-order valence-electron chi connectivity index (χ2n) is 3.77. The summed E-state index contributed by atoms with van der Waals surface area (Å²) in [5.74, 6) is -0.787. The molecule has 18 heavy (non-hydrogen) atoms. The summed E-state index contributed by atoms with van der Waals surface area (Å²) >= 11 is 0. The largest absolute Gasteiger partial charge is 0.480 e. The lowest BCUT2D eigenvalue weighted by Crippen LogP contribution is -2.31.